The van der Waals surface area contributed by atoms with Crippen LogP contribution < -0.4 is 0 Å². The van der Waals surface area contributed by atoms with Crippen molar-refractivity contribution in [1.29, 1.82) is 0 Å². The number of piperidine rings is 1. The van der Waals surface area contributed by atoms with E-state index in [1.54, 1.807) is 6.20 Å². The largest absolute Gasteiger partial charge is 0.337 e. The lowest BCUT2D eigenvalue weighted by atomic mass is 9.97. The van der Waals surface area contributed by atoms with Crippen molar-refractivity contribution in [3.05, 3.63) is 30.3 Å². The van der Waals surface area contributed by atoms with Gasteiger partial charge >= 0.3 is 0 Å². The summed E-state index contributed by atoms with van der Waals surface area (Å²) in [6, 6.07) is 5.69. The summed E-state index contributed by atoms with van der Waals surface area (Å²) in [5.41, 5.74) is 0.746. The molecule has 0 N–H and O–H groups in total. The summed E-state index contributed by atoms with van der Waals surface area (Å²) in [6.07, 6.45) is 4.35. The van der Waals surface area contributed by atoms with Crippen LogP contribution in [-0.2, 0) is 6.54 Å². The summed E-state index contributed by atoms with van der Waals surface area (Å²) in [6.45, 7) is 7.58. The highest BCUT2D eigenvalue weighted by atomic mass is 16.5. The van der Waals surface area contributed by atoms with Crippen molar-refractivity contribution in [3.8, 4) is 11.5 Å². The van der Waals surface area contributed by atoms with Crippen LogP contribution in [0.1, 0.15) is 25.7 Å². The van der Waals surface area contributed by atoms with E-state index in [0.29, 0.717) is 18.3 Å². The molecule has 3 heterocycles. The van der Waals surface area contributed by atoms with Gasteiger partial charge in [-0.1, -0.05) is 18.1 Å². The molecule has 1 aliphatic heterocycles. The van der Waals surface area contributed by atoms with Crippen LogP contribution in [0.2, 0.25) is 0 Å². The third-order valence-electron chi connectivity index (χ3n) is 4.39. The summed E-state index contributed by atoms with van der Waals surface area (Å²) in [5, 5.41) is 4.03. The normalized spacial score (nSPS) is 19.3. The van der Waals surface area contributed by atoms with Gasteiger partial charge in [-0.15, -0.1) is 0 Å². The van der Waals surface area contributed by atoms with Crippen molar-refractivity contribution < 1.29 is 4.52 Å². The number of hydrogen-bond donors (Lipinski definition) is 0. The number of nitrogens with zero attached hydrogens (tertiary/aromatic N) is 5. The van der Waals surface area contributed by atoms with Crippen LogP contribution in [0.15, 0.2) is 28.9 Å². The van der Waals surface area contributed by atoms with Crippen LogP contribution in [-0.4, -0.2) is 58.2 Å². The smallest absolute Gasteiger partial charge is 0.241 e. The molecule has 0 amide bonds. The number of pyridine rings is 1. The Morgan fingerprint density at radius 3 is 3.09 bits per heavy atom. The standard InChI is InChI=1S/C17H25N5O/c1-3-22-10-6-7-14(12-22)11-21(2)13-16-19-17(20-23-16)15-8-4-5-9-18-15/h4-5,8-9,14H,3,6-7,10-13H2,1-2H3/t14-/m1/s1. The maximum atomic E-state index is 5.37. The van der Waals surface area contributed by atoms with Gasteiger partial charge in [-0.2, -0.15) is 4.98 Å². The average Bonchev–Trinajstić information content (AvgIpc) is 3.04. The second-order valence-corrected chi connectivity index (χ2v) is 6.32. The summed E-state index contributed by atoms with van der Waals surface area (Å²) < 4.78 is 5.37. The number of rotatable bonds is 6. The predicted molar refractivity (Wildman–Crippen MR) is 88.7 cm³/mol. The minimum atomic E-state index is 0.559. The maximum absolute atomic E-state index is 5.37. The van der Waals surface area contributed by atoms with Crippen LogP contribution in [0.4, 0.5) is 0 Å². The van der Waals surface area contributed by atoms with Crippen molar-refractivity contribution in [2.75, 3.05) is 33.2 Å². The minimum Gasteiger partial charge on any atom is -0.337 e. The molecule has 0 unspecified atom stereocenters. The maximum Gasteiger partial charge on any atom is 0.241 e. The van der Waals surface area contributed by atoms with Gasteiger partial charge in [0.05, 0.1) is 6.54 Å². The first-order valence-corrected chi connectivity index (χ1v) is 8.39. The SMILES string of the molecule is CCN1CCC[C@H](CN(C)Cc2nc(-c3ccccn3)no2)C1. The molecule has 0 radical (unpaired) electrons. The lowest BCUT2D eigenvalue weighted by molar-refractivity contribution is 0.140. The van der Waals surface area contributed by atoms with Gasteiger partial charge in [-0.05, 0) is 51.0 Å². The van der Waals surface area contributed by atoms with Gasteiger partial charge in [-0.25, -0.2) is 0 Å². The van der Waals surface area contributed by atoms with Gasteiger partial charge < -0.3 is 9.42 Å². The monoisotopic (exact) mass is 315 g/mol. The topological polar surface area (TPSA) is 58.3 Å². The van der Waals surface area contributed by atoms with Gasteiger partial charge in [0.2, 0.25) is 11.7 Å². The van der Waals surface area contributed by atoms with Crippen molar-refractivity contribution in [1.82, 2.24) is 24.9 Å². The third-order valence-corrected chi connectivity index (χ3v) is 4.39. The van der Waals surface area contributed by atoms with Crippen LogP contribution in [0.5, 0.6) is 0 Å². The molecule has 6 nitrogen and oxygen atoms in total. The highest BCUT2D eigenvalue weighted by Gasteiger charge is 2.21. The van der Waals surface area contributed by atoms with Crippen LogP contribution in [0.3, 0.4) is 0 Å². The molecule has 3 rings (SSSR count). The molecular formula is C17H25N5O. The van der Waals surface area contributed by atoms with E-state index in [0.717, 1.165) is 24.7 Å². The highest BCUT2D eigenvalue weighted by Crippen LogP contribution is 2.18. The molecule has 6 heteroatoms. The first-order valence-electron chi connectivity index (χ1n) is 8.39. The fourth-order valence-electron chi connectivity index (χ4n) is 3.24. The Labute approximate surface area is 137 Å². The fourth-order valence-corrected chi connectivity index (χ4v) is 3.24. The van der Waals surface area contributed by atoms with Gasteiger partial charge in [-0.3, -0.25) is 9.88 Å². The number of hydrogen-bond acceptors (Lipinski definition) is 6. The van der Waals surface area contributed by atoms with Gasteiger partial charge in [0, 0.05) is 19.3 Å². The number of aromatic nitrogens is 3. The molecule has 1 aliphatic rings. The molecule has 0 spiro atoms. The first kappa shape index (κ1) is 16.1. The molecule has 2 aromatic rings. The Hall–Kier alpha value is -1.79. The molecule has 2 aromatic heterocycles. The van der Waals surface area contributed by atoms with Crippen LogP contribution in [0, 0.1) is 5.92 Å². The molecule has 0 saturated carbocycles. The molecule has 0 bridgehead atoms. The zero-order valence-electron chi connectivity index (χ0n) is 14.0. The third kappa shape index (κ3) is 4.36. The van der Waals surface area contributed by atoms with E-state index < -0.39 is 0 Å². The molecule has 0 aromatic carbocycles. The lowest BCUT2D eigenvalue weighted by Gasteiger charge is -2.33. The Balaban J connectivity index is 1.54. The Kier molecular flexibility index (Phi) is 5.35. The lowest BCUT2D eigenvalue weighted by Crippen LogP contribution is -2.39. The summed E-state index contributed by atoms with van der Waals surface area (Å²) in [7, 11) is 2.12. The summed E-state index contributed by atoms with van der Waals surface area (Å²) in [5.74, 6) is 1.94. The van der Waals surface area contributed by atoms with Gasteiger partial charge in [0.25, 0.3) is 0 Å². The Bertz CT molecular complexity index is 600. The molecule has 1 atom stereocenters. The van der Waals surface area contributed by atoms with E-state index in [2.05, 4.69) is 38.9 Å². The molecular weight excluding hydrogens is 290 g/mol. The summed E-state index contributed by atoms with van der Waals surface area (Å²) in [4.78, 5) is 13.5. The van der Waals surface area contributed by atoms with Crippen molar-refractivity contribution in [2.24, 2.45) is 5.92 Å². The van der Waals surface area contributed by atoms with E-state index in [9.17, 15) is 0 Å². The molecule has 0 aliphatic carbocycles. The molecule has 1 fully saturated rings. The van der Waals surface area contributed by atoms with Crippen molar-refractivity contribution in [3.63, 3.8) is 0 Å². The molecule has 23 heavy (non-hydrogen) atoms. The second-order valence-electron chi connectivity index (χ2n) is 6.32. The minimum absolute atomic E-state index is 0.559. The Morgan fingerprint density at radius 2 is 2.30 bits per heavy atom. The predicted octanol–water partition coefficient (Wildman–Crippen LogP) is 2.30. The van der Waals surface area contributed by atoms with E-state index in [1.807, 2.05) is 18.2 Å². The number of likely N-dealkylation sites (tertiary alicyclic amines) is 1. The van der Waals surface area contributed by atoms with E-state index in [1.165, 1.54) is 25.9 Å². The zero-order valence-corrected chi connectivity index (χ0v) is 14.0. The van der Waals surface area contributed by atoms with E-state index in [4.69, 9.17) is 4.52 Å². The first-order chi connectivity index (χ1) is 11.2. The molecule has 124 valence electrons. The van der Waals surface area contributed by atoms with E-state index >= 15 is 0 Å². The quantitative estimate of drug-likeness (QED) is 0.815. The molecule has 1 saturated heterocycles. The van der Waals surface area contributed by atoms with Gasteiger partial charge in [0.15, 0.2) is 0 Å². The van der Waals surface area contributed by atoms with Gasteiger partial charge in [0.1, 0.15) is 5.69 Å². The summed E-state index contributed by atoms with van der Waals surface area (Å²) >= 11 is 0. The fraction of sp³-hybridized carbons (Fsp3) is 0.588. The van der Waals surface area contributed by atoms with Crippen LogP contribution in [0.25, 0.3) is 11.5 Å². The van der Waals surface area contributed by atoms with Crippen molar-refractivity contribution >= 4 is 0 Å². The highest BCUT2D eigenvalue weighted by molar-refractivity contribution is 5.46. The Morgan fingerprint density at radius 1 is 1.39 bits per heavy atom. The zero-order chi connectivity index (χ0) is 16.1. The van der Waals surface area contributed by atoms with Crippen LogP contribution >= 0.6 is 0 Å². The average molecular weight is 315 g/mol. The van der Waals surface area contributed by atoms with E-state index in [-0.39, 0.29) is 0 Å². The van der Waals surface area contributed by atoms with Crippen molar-refractivity contribution in [2.45, 2.75) is 26.3 Å². The second kappa shape index (κ2) is 7.66.